The van der Waals surface area contributed by atoms with E-state index in [0.717, 1.165) is 16.1 Å². The molecule has 0 bridgehead atoms. The second-order valence-electron chi connectivity index (χ2n) is 6.43. The number of anilines is 1. The smallest absolute Gasteiger partial charge is 0.250 e. The van der Waals surface area contributed by atoms with Crippen LogP contribution in [-0.4, -0.2) is 35.3 Å². The number of carbonyl (C=O) groups excluding carboxylic acids is 2. The first-order valence-electron chi connectivity index (χ1n) is 8.21. The summed E-state index contributed by atoms with van der Waals surface area (Å²) in [4.78, 5) is 28.1. The van der Waals surface area contributed by atoms with Gasteiger partial charge in [0.05, 0.1) is 5.69 Å². The van der Waals surface area contributed by atoms with E-state index in [1.165, 1.54) is 11.8 Å². The Morgan fingerprint density at radius 1 is 1.23 bits per heavy atom. The lowest BCUT2D eigenvalue weighted by Gasteiger charge is -2.34. The van der Waals surface area contributed by atoms with Crippen LogP contribution in [-0.2, 0) is 16.1 Å². The molecule has 7 heteroatoms. The predicted octanol–water partition coefficient (Wildman–Crippen LogP) is 2.88. The van der Waals surface area contributed by atoms with Crippen molar-refractivity contribution < 1.29 is 19.1 Å². The number of ether oxygens (including phenoxy) is 2. The molecule has 2 heterocycles. The van der Waals surface area contributed by atoms with Gasteiger partial charge in [0, 0.05) is 18.5 Å². The molecule has 0 saturated heterocycles. The van der Waals surface area contributed by atoms with Crippen molar-refractivity contribution in [3.63, 3.8) is 0 Å². The highest BCUT2D eigenvalue weighted by atomic mass is 32.2. The lowest BCUT2D eigenvalue weighted by atomic mass is 10.1. The van der Waals surface area contributed by atoms with E-state index < -0.39 is 4.75 Å². The van der Waals surface area contributed by atoms with E-state index in [9.17, 15) is 9.59 Å². The Kier molecular flexibility index (Phi) is 4.03. The van der Waals surface area contributed by atoms with Crippen molar-refractivity contribution in [2.75, 3.05) is 19.2 Å². The van der Waals surface area contributed by atoms with Gasteiger partial charge in [-0.05, 0) is 36.8 Å². The zero-order chi connectivity index (χ0) is 18.3. The van der Waals surface area contributed by atoms with Crippen LogP contribution < -0.4 is 14.8 Å². The van der Waals surface area contributed by atoms with Crippen LogP contribution in [0.5, 0.6) is 11.5 Å². The van der Waals surface area contributed by atoms with Crippen LogP contribution in [0.25, 0.3) is 0 Å². The van der Waals surface area contributed by atoms with Gasteiger partial charge in [0.1, 0.15) is 0 Å². The van der Waals surface area contributed by atoms with Crippen molar-refractivity contribution in [2.24, 2.45) is 0 Å². The number of amides is 2. The molecule has 2 aliphatic rings. The first-order valence-corrected chi connectivity index (χ1v) is 9.02. The number of rotatable bonds is 3. The molecule has 0 spiro atoms. The molecular weight excluding hydrogens is 352 g/mol. The van der Waals surface area contributed by atoms with Gasteiger partial charge >= 0.3 is 0 Å². The largest absolute Gasteiger partial charge is 0.454 e. The van der Waals surface area contributed by atoms with Crippen LogP contribution in [0, 0.1) is 0 Å². The Balaban J connectivity index is 1.54. The SMILES string of the molecule is CN(Cc1ccc2c(c1)OCO2)C(=O)C1(C)Sc2ccccc2NC1=O. The molecule has 2 amide bonds. The number of benzene rings is 2. The third-order valence-electron chi connectivity index (χ3n) is 4.49. The van der Waals surface area contributed by atoms with Gasteiger partial charge in [-0.15, -0.1) is 0 Å². The molecule has 1 unspecified atom stereocenters. The summed E-state index contributed by atoms with van der Waals surface area (Å²) in [6.07, 6.45) is 0. The van der Waals surface area contributed by atoms with Crippen molar-refractivity contribution in [2.45, 2.75) is 23.1 Å². The zero-order valence-corrected chi connectivity index (χ0v) is 15.3. The molecule has 0 radical (unpaired) electrons. The third-order valence-corrected chi connectivity index (χ3v) is 5.84. The molecule has 134 valence electrons. The predicted molar refractivity (Wildman–Crippen MR) is 98.4 cm³/mol. The molecule has 0 aromatic heterocycles. The Bertz CT molecular complexity index is 901. The van der Waals surface area contributed by atoms with Crippen LogP contribution in [0.2, 0.25) is 0 Å². The monoisotopic (exact) mass is 370 g/mol. The maximum atomic E-state index is 13.1. The maximum absolute atomic E-state index is 13.1. The average Bonchev–Trinajstić information content (AvgIpc) is 3.09. The van der Waals surface area contributed by atoms with Gasteiger partial charge < -0.3 is 19.7 Å². The summed E-state index contributed by atoms with van der Waals surface area (Å²) in [5.74, 6) is 0.831. The van der Waals surface area contributed by atoms with Gasteiger partial charge in [-0.1, -0.05) is 30.0 Å². The van der Waals surface area contributed by atoms with E-state index in [1.54, 1.807) is 18.9 Å². The van der Waals surface area contributed by atoms with Crippen LogP contribution in [0.1, 0.15) is 12.5 Å². The van der Waals surface area contributed by atoms with Crippen LogP contribution in [0.3, 0.4) is 0 Å². The van der Waals surface area contributed by atoms with Gasteiger partial charge in [-0.3, -0.25) is 9.59 Å². The highest BCUT2D eigenvalue weighted by Crippen LogP contribution is 2.43. The minimum absolute atomic E-state index is 0.210. The van der Waals surface area contributed by atoms with Crippen LogP contribution in [0.15, 0.2) is 47.4 Å². The number of carbonyl (C=O) groups is 2. The van der Waals surface area contributed by atoms with Gasteiger partial charge in [-0.25, -0.2) is 0 Å². The fraction of sp³-hybridized carbons (Fsp3) is 0.263. The second kappa shape index (κ2) is 6.25. The summed E-state index contributed by atoms with van der Waals surface area (Å²) in [5.41, 5.74) is 1.65. The van der Waals surface area contributed by atoms with Gasteiger partial charge in [0.25, 0.3) is 0 Å². The third kappa shape index (κ3) is 2.78. The summed E-state index contributed by atoms with van der Waals surface area (Å²) in [6, 6.07) is 13.1. The summed E-state index contributed by atoms with van der Waals surface area (Å²) >= 11 is 1.29. The minimum Gasteiger partial charge on any atom is -0.454 e. The Labute approximate surface area is 155 Å². The van der Waals surface area contributed by atoms with Gasteiger partial charge in [-0.2, -0.15) is 0 Å². The Hall–Kier alpha value is -2.67. The number of hydrogen-bond acceptors (Lipinski definition) is 5. The number of fused-ring (bicyclic) bond motifs is 2. The quantitative estimate of drug-likeness (QED) is 0.842. The highest BCUT2D eigenvalue weighted by molar-refractivity contribution is 8.02. The lowest BCUT2D eigenvalue weighted by Crippen LogP contribution is -2.52. The van der Waals surface area contributed by atoms with Crippen molar-refractivity contribution >= 4 is 29.3 Å². The van der Waals surface area contributed by atoms with Crippen LogP contribution >= 0.6 is 11.8 Å². The van der Waals surface area contributed by atoms with Crippen molar-refractivity contribution in [1.82, 2.24) is 4.90 Å². The van der Waals surface area contributed by atoms with E-state index in [-0.39, 0.29) is 18.6 Å². The van der Waals surface area contributed by atoms with Gasteiger partial charge in [0.15, 0.2) is 16.2 Å². The second-order valence-corrected chi connectivity index (χ2v) is 7.89. The van der Waals surface area contributed by atoms with Crippen molar-refractivity contribution in [3.8, 4) is 11.5 Å². The molecule has 0 fully saturated rings. The zero-order valence-electron chi connectivity index (χ0n) is 14.4. The summed E-state index contributed by atoms with van der Waals surface area (Å²) in [6.45, 7) is 2.25. The van der Waals surface area contributed by atoms with Gasteiger partial charge in [0.2, 0.25) is 18.6 Å². The summed E-state index contributed by atoms with van der Waals surface area (Å²) in [7, 11) is 1.70. The topological polar surface area (TPSA) is 67.9 Å². The summed E-state index contributed by atoms with van der Waals surface area (Å²) < 4.78 is 9.48. The number of nitrogens with one attached hydrogen (secondary N) is 1. The number of thioether (sulfide) groups is 1. The van der Waals surface area contributed by atoms with Crippen LogP contribution in [0.4, 0.5) is 5.69 Å². The van der Waals surface area contributed by atoms with E-state index in [2.05, 4.69) is 5.32 Å². The van der Waals surface area contributed by atoms with Crippen molar-refractivity contribution in [3.05, 3.63) is 48.0 Å². The lowest BCUT2D eigenvalue weighted by molar-refractivity contribution is -0.137. The number of para-hydroxylation sites is 1. The molecule has 0 aliphatic carbocycles. The Morgan fingerprint density at radius 2 is 2.00 bits per heavy atom. The summed E-state index contributed by atoms with van der Waals surface area (Å²) in [5, 5.41) is 2.84. The molecule has 1 atom stereocenters. The van der Waals surface area contributed by atoms with E-state index in [4.69, 9.17) is 9.47 Å². The standard InChI is InChI=1S/C19H18N2O4S/c1-19(17(22)20-13-5-3-4-6-16(13)26-19)18(23)21(2)10-12-7-8-14-15(9-12)25-11-24-14/h3-9H,10-11H2,1-2H3,(H,20,22). The average molecular weight is 370 g/mol. The molecule has 2 aromatic carbocycles. The molecule has 26 heavy (non-hydrogen) atoms. The maximum Gasteiger partial charge on any atom is 0.250 e. The van der Waals surface area contributed by atoms with E-state index in [0.29, 0.717) is 18.0 Å². The Morgan fingerprint density at radius 3 is 2.85 bits per heavy atom. The van der Waals surface area contributed by atoms with Crippen molar-refractivity contribution in [1.29, 1.82) is 0 Å². The molecule has 2 aliphatic heterocycles. The highest BCUT2D eigenvalue weighted by Gasteiger charge is 2.47. The number of nitrogens with zero attached hydrogens (tertiary/aromatic N) is 1. The first kappa shape index (κ1) is 16.8. The first-order chi connectivity index (χ1) is 12.5. The van der Waals surface area contributed by atoms with E-state index >= 15 is 0 Å². The molecule has 2 aromatic rings. The minimum atomic E-state index is -1.21. The number of hydrogen-bond donors (Lipinski definition) is 1. The molecule has 1 N–H and O–H groups in total. The molecule has 4 rings (SSSR count). The fourth-order valence-electron chi connectivity index (χ4n) is 3.06. The normalized spacial score (nSPS) is 20.3. The van der Waals surface area contributed by atoms with E-state index in [1.807, 2.05) is 42.5 Å². The molecule has 6 nitrogen and oxygen atoms in total. The fourth-order valence-corrected chi connectivity index (χ4v) is 4.26. The molecule has 0 saturated carbocycles. The molecular formula is C19H18N2O4S.